The monoisotopic (exact) mass is 406 g/mol. The highest BCUT2D eigenvalue weighted by atomic mass is 16.5. The summed E-state index contributed by atoms with van der Waals surface area (Å²) in [6.45, 7) is 4.64. The maximum atomic E-state index is 12.7. The van der Waals surface area contributed by atoms with Crippen molar-refractivity contribution in [3.63, 3.8) is 0 Å². The second kappa shape index (κ2) is 9.26. The first kappa shape index (κ1) is 21.1. The third kappa shape index (κ3) is 5.05. The van der Waals surface area contributed by atoms with Crippen molar-refractivity contribution in [3.8, 4) is 5.75 Å². The molecule has 0 unspecified atom stereocenters. The fourth-order valence-corrected chi connectivity index (χ4v) is 2.98. The predicted octanol–water partition coefficient (Wildman–Crippen LogP) is 3.73. The van der Waals surface area contributed by atoms with Crippen LogP contribution in [0.4, 0.5) is 5.69 Å². The summed E-state index contributed by atoms with van der Waals surface area (Å²) in [7, 11) is 3.20. The van der Waals surface area contributed by atoms with Gasteiger partial charge in [0, 0.05) is 25.9 Å². The largest absolute Gasteiger partial charge is 0.489 e. The smallest absolute Gasteiger partial charge is 0.273 e. The summed E-state index contributed by atoms with van der Waals surface area (Å²) >= 11 is 0. The van der Waals surface area contributed by atoms with Crippen molar-refractivity contribution in [2.45, 2.75) is 26.4 Å². The molecule has 3 rings (SSSR count). The molecule has 0 saturated heterocycles. The minimum absolute atomic E-state index is 0.165. The highest BCUT2D eigenvalue weighted by Crippen LogP contribution is 2.20. The van der Waals surface area contributed by atoms with Crippen LogP contribution in [0, 0.1) is 0 Å². The Hall–Kier alpha value is -3.61. The molecule has 2 N–H and O–H groups in total. The SMILES string of the molecule is CNC(=O)c1nn(C)cc1NC(=O)c1cccc(COc2ccc(C(C)C)cc2)c1. The standard InChI is InChI=1S/C23H26N4O3/c1-15(2)17-8-10-19(11-9-17)30-14-16-6-5-7-18(12-16)22(28)25-20-13-27(4)26-21(20)23(29)24-3/h5-13,15H,14H2,1-4H3,(H,24,29)(H,25,28). The van der Waals surface area contributed by atoms with Crippen LogP contribution < -0.4 is 15.4 Å². The van der Waals surface area contributed by atoms with Gasteiger partial charge in [0.2, 0.25) is 0 Å². The topological polar surface area (TPSA) is 85.3 Å². The minimum atomic E-state index is -0.364. The van der Waals surface area contributed by atoms with Crippen LogP contribution in [0.1, 0.15) is 51.7 Å². The van der Waals surface area contributed by atoms with Crippen LogP contribution in [0.5, 0.6) is 5.75 Å². The molecule has 7 heteroatoms. The fraction of sp³-hybridized carbons (Fsp3) is 0.261. The zero-order valence-corrected chi connectivity index (χ0v) is 17.6. The van der Waals surface area contributed by atoms with Gasteiger partial charge in [-0.15, -0.1) is 0 Å². The second-order valence-corrected chi connectivity index (χ2v) is 7.31. The molecular weight excluding hydrogens is 380 g/mol. The maximum absolute atomic E-state index is 12.7. The lowest BCUT2D eigenvalue weighted by Crippen LogP contribution is -2.21. The number of carbonyl (C=O) groups excluding carboxylic acids is 2. The second-order valence-electron chi connectivity index (χ2n) is 7.31. The molecule has 0 atom stereocenters. The van der Waals surface area contributed by atoms with E-state index in [1.54, 1.807) is 31.4 Å². The van der Waals surface area contributed by atoms with E-state index in [0.717, 1.165) is 11.3 Å². The van der Waals surface area contributed by atoms with Gasteiger partial charge in [0.1, 0.15) is 12.4 Å². The lowest BCUT2D eigenvalue weighted by atomic mass is 10.0. The van der Waals surface area contributed by atoms with Crippen molar-refractivity contribution < 1.29 is 14.3 Å². The summed E-state index contributed by atoms with van der Waals surface area (Å²) < 4.78 is 7.33. The van der Waals surface area contributed by atoms with Crippen molar-refractivity contribution in [1.29, 1.82) is 0 Å². The van der Waals surface area contributed by atoms with Crippen molar-refractivity contribution in [2.75, 3.05) is 12.4 Å². The fourth-order valence-electron chi connectivity index (χ4n) is 2.98. The lowest BCUT2D eigenvalue weighted by Gasteiger charge is -2.10. The van der Waals surface area contributed by atoms with E-state index in [-0.39, 0.29) is 17.5 Å². The van der Waals surface area contributed by atoms with Gasteiger partial charge in [-0.05, 0) is 41.3 Å². The zero-order chi connectivity index (χ0) is 21.7. The molecule has 0 aliphatic heterocycles. The van der Waals surface area contributed by atoms with Crippen LogP contribution in [0.2, 0.25) is 0 Å². The van der Waals surface area contributed by atoms with Gasteiger partial charge >= 0.3 is 0 Å². The van der Waals surface area contributed by atoms with Gasteiger partial charge in [-0.25, -0.2) is 0 Å². The lowest BCUT2D eigenvalue weighted by molar-refractivity contribution is 0.0958. The number of nitrogens with one attached hydrogen (secondary N) is 2. The van der Waals surface area contributed by atoms with Gasteiger partial charge in [0.15, 0.2) is 5.69 Å². The Labute approximate surface area is 176 Å². The van der Waals surface area contributed by atoms with Gasteiger partial charge in [0.25, 0.3) is 11.8 Å². The highest BCUT2D eigenvalue weighted by Gasteiger charge is 2.17. The van der Waals surface area contributed by atoms with Crippen molar-refractivity contribution in [1.82, 2.24) is 15.1 Å². The third-order valence-electron chi connectivity index (χ3n) is 4.66. The summed E-state index contributed by atoms with van der Waals surface area (Å²) in [6, 6.07) is 15.2. The van der Waals surface area contributed by atoms with E-state index in [9.17, 15) is 9.59 Å². The van der Waals surface area contributed by atoms with Gasteiger partial charge < -0.3 is 15.4 Å². The summed E-state index contributed by atoms with van der Waals surface area (Å²) in [5.41, 5.74) is 3.12. The number of anilines is 1. The third-order valence-corrected chi connectivity index (χ3v) is 4.66. The quantitative estimate of drug-likeness (QED) is 0.626. The van der Waals surface area contributed by atoms with Crippen LogP contribution in [-0.4, -0.2) is 28.6 Å². The Balaban J connectivity index is 1.68. The molecule has 0 spiro atoms. The Bertz CT molecular complexity index is 1040. The Morgan fingerprint density at radius 2 is 1.83 bits per heavy atom. The normalized spacial score (nSPS) is 10.7. The number of aryl methyl sites for hydroxylation is 1. The molecule has 0 aliphatic carbocycles. The number of hydrogen-bond acceptors (Lipinski definition) is 4. The number of hydrogen-bond donors (Lipinski definition) is 2. The molecule has 0 fully saturated rings. The number of carbonyl (C=O) groups is 2. The summed E-state index contributed by atoms with van der Waals surface area (Å²) in [6.07, 6.45) is 1.59. The van der Waals surface area contributed by atoms with Crippen molar-refractivity contribution in [2.24, 2.45) is 7.05 Å². The van der Waals surface area contributed by atoms with E-state index in [4.69, 9.17) is 4.74 Å². The molecule has 0 aliphatic rings. The summed E-state index contributed by atoms with van der Waals surface area (Å²) in [5.74, 6) is 0.561. The first-order chi connectivity index (χ1) is 14.4. The van der Waals surface area contributed by atoms with Crippen LogP contribution in [0.25, 0.3) is 0 Å². The molecule has 1 heterocycles. The highest BCUT2D eigenvalue weighted by molar-refractivity contribution is 6.08. The molecule has 2 amide bonds. The molecule has 156 valence electrons. The molecule has 2 aromatic carbocycles. The van der Waals surface area contributed by atoms with Gasteiger partial charge in [-0.3, -0.25) is 14.3 Å². The average molecular weight is 406 g/mol. The molecular formula is C23H26N4O3. The van der Waals surface area contributed by atoms with E-state index in [1.807, 2.05) is 18.2 Å². The number of ether oxygens (including phenoxy) is 1. The van der Waals surface area contributed by atoms with E-state index >= 15 is 0 Å². The predicted molar refractivity (Wildman–Crippen MR) is 116 cm³/mol. The molecule has 0 bridgehead atoms. The van der Waals surface area contributed by atoms with E-state index in [0.29, 0.717) is 23.8 Å². The summed E-state index contributed by atoms with van der Waals surface area (Å²) in [5, 5.41) is 9.37. The Morgan fingerprint density at radius 1 is 1.10 bits per heavy atom. The van der Waals surface area contributed by atoms with E-state index in [2.05, 4.69) is 41.7 Å². The first-order valence-corrected chi connectivity index (χ1v) is 9.76. The molecule has 7 nitrogen and oxygen atoms in total. The van der Waals surface area contributed by atoms with Crippen molar-refractivity contribution >= 4 is 17.5 Å². The molecule has 0 saturated carbocycles. The first-order valence-electron chi connectivity index (χ1n) is 9.76. The van der Waals surface area contributed by atoms with Gasteiger partial charge in [0.05, 0.1) is 5.69 Å². The number of rotatable bonds is 7. The zero-order valence-electron chi connectivity index (χ0n) is 17.6. The van der Waals surface area contributed by atoms with Crippen LogP contribution >= 0.6 is 0 Å². The van der Waals surface area contributed by atoms with E-state index < -0.39 is 0 Å². The van der Waals surface area contributed by atoms with Crippen LogP contribution in [-0.2, 0) is 13.7 Å². The average Bonchev–Trinajstić information content (AvgIpc) is 3.12. The van der Waals surface area contributed by atoms with Gasteiger partial charge in [-0.2, -0.15) is 5.10 Å². The Morgan fingerprint density at radius 3 is 2.50 bits per heavy atom. The number of amides is 2. The van der Waals surface area contributed by atoms with Crippen LogP contribution in [0.3, 0.4) is 0 Å². The number of aromatic nitrogens is 2. The van der Waals surface area contributed by atoms with Crippen LogP contribution in [0.15, 0.2) is 54.7 Å². The molecule has 0 radical (unpaired) electrons. The van der Waals surface area contributed by atoms with Gasteiger partial charge in [-0.1, -0.05) is 38.1 Å². The molecule has 3 aromatic rings. The van der Waals surface area contributed by atoms with Crippen molar-refractivity contribution in [3.05, 3.63) is 77.1 Å². The maximum Gasteiger partial charge on any atom is 0.273 e. The van der Waals surface area contributed by atoms with E-state index in [1.165, 1.54) is 17.3 Å². The molecule has 30 heavy (non-hydrogen) atoms. The number of benzene rings is 2. The Kier molecular flexibility index (Phi) is 6.51. The summed E-state index contributed by atoms with van der Waals surface area (Å²) in [4.78, 5) is 24.6. The minimum Gasteiger partial charge on any atom is -0.489 e. The molecule has 1 aromatic heterocycles. The number of nitrogens with zero attached hydrogens (tertiary/aromatic N) is 2.